The first-order valence-corrected chi connectivity index (χ1v) is 11.4. The van der Waals surface area contributed by atoms with Crippen LogP contribution in [0.1, 0.15) is 31.4 Å². The van der Waals surface area contributed by atoms with Crippen LogP contribution in [-0.2, 0) is 10.0 Å². The summed E-state index contributed by atoms with van der Waals surface area (Å²) in [7, 11) is -3.92. The lowest BCUT2D eigenvalue weighted by Crippen LogP contribution is -2.42. The van der Waals surface area contributed by atoms with Crippen molar-refractivity contribution in [2.24, 2.45) is 5.92 Å². The Kier molecular flexibility index (Phi) is 6.71. The molecule has 0 radical (unpaired) electrons. The van der Waals surface area contributed by atoms with E-state index in [1.54, 1.807) is 12.1 Å². The SMILES string of the molecule is CC(C)=CCC1CN(S(=O)(=O)c2ccc(C)cc2)CC([N+](=O)[O-])=C1c1ccc(F)cc1. The summed E-state index contributed by atoms with van der Waals surface area (Å²) in [6.07, 6.45) is 2.38. The van der Waals surface area contributed by atoms with Gasteiger partial charge in [-0.05, 0) is 57.0 Å². The molecule has 1 unspecified atom stereocenters. The summed E-state index contributed by atoms with van der Waals surface area (Å²) in [5, 5.41) is 12.0. The number of rotatable bonds is 6. The van der Waals surface area contributed by atoms with E-state index in [-0.39, 0.29) is 23.7 Å². The molecular weight excluding hydrogens is 419 g/mol. The molecule has 0 saturated heterocycles. The number of nitro groups is 1. The predicted molar refractivity (Wildman–Crippen MR) is 118 cm³/mol. The molecule has 0 aromatic heterocycles. The van der Waals surface area contributed by atoms with Gasteiger partial charge >= 0.3 is 0 Å². The highest BCUT2D eigenvalue weighted by Gasteiger charge is 2.40. The van der Waals surface area contributed by atoms with Crippen molar-refractivity contribution >= 4 is 15.6 Å². The molecule has 0 bridgehead atoms. The van der Waals surface area contributed by atoms with Crippen LogP contribution in [-0.4, -0.2) is 30.7 Å². The first-order chi connectivity index (χ1) is 14.6. The van der Waals surface area contributed by atoms with Crippen LogP contribution in [0.15, 0.2) is 70.8 Å². The standard InChI is InChI=1S/C23H25FN2O4S/c1-16(2)4-7-19-14-25(31(29,30)21-12-5-17(3)6-13-21)15-22(26(27)28)23(19)18-8-10-20(24)11-9-18/h4-6,8-13,19H,7,14-15H2,1-3H3. The van der Waals surface area contributed by atoms with Crippen molar-refractivity contribution in [2.75, 3.05) is 13.1 Å². The Morgan fingerprint density at radius 1 is 1.16 bits per heavy atom. The van der Waals surface area contributed by atoms with Gasteiger partial charge in [0.2, 0.25) is 10.0 Å². The zero-order chi connectivity index (χ0) is 22.8. The van der Waals surface area contributed by atoms with Crippen LogP contribution in [0.2, 0.25) is 0 Å². The molecule has 0 N–H and O–H groups in total. The van der Waals surface area contributed by atoms with Crippen molar-refractivity contribution in [2.45, 2.75) is 32.1 Å². The van der Waals surface area contributed by atoms with E-state index in [0.717, 1.165) is 11.1 Å². The fourth-order valence-electron chi connectivity index (χ4n) is 3.69. The number of aryl methyl sites for hydroxylation is 1. The molecule has 31 heavy (non-hydrogen) atoms. The number of nitrogens with zero attached hydrogens (tertiary/aromatic N) is 2. The molecule has 1 aliphatic rings. The Balaban J connectivity index is 2.11. The Morgan fingerprint density at radius 2 is 1.77 bits per heavy atom. The van der Waals surface area contributed by atoms with Gasteiger partial charge < -0.3 is 0 Å². The van der Waals surface area contributed by atoms with E-state index in [1.165, 1.54) is 40.7 Å². The molecule has 164 valence electrons. The second kappa shape index (κ2) is 9.11. The van der Waals surface area contributed by atoms with Gasteiger partial charge in [0.25, 0.3) is 5.70 Å². The van der Waals surface area contributed by atoms with Crippen molar-refractivity contribution in [3.05, 3.63) is 92.9 Å². The topological polar surface area (TPSA) is 80.5 Å². The highest BCUT2D eigenvalue weighted by atomic mass is 32.2. The first-order valence-electron chi connectivity index (χ1n) is 9.93. The number of hydrogen-bond acceptors (Lipinski definition) is 4. The number of allylic oxidation sites excluding steroid dienone is 2. The largest absolute Gasteiger partial charge is 0.265 e. The quantitative estimate of drug-likeness (QED) is 0.364. The van der Waals surface area contributed by atoms with E-state index < -0.39 is 26.7 Å². The predicted octanol–water partition coefficient (Wildman–Crippen LogP) is 4.80. The fraction of sp³-hybridized carbons (Fsp3) is 0.304. The number of sulfonamides is 1. The lowest BCUT2D eigenvalue weighted by molar-refractivity contribution is -0.427. The van der Waals surface area contributed by atoms with Gasteiger partial charge in [0, 0.05) is 18.0 Å². The van der Waals surface area contributed by atoms with Crippen LogP contribution in [0.3, 0.4) is 0 Å². The summed E-state index contributed by atoms with van der Waals surface area (Å²) in [4.78, 5) is 11.6. The lowest BCUT2D eigenvalue weighted by atomic mass is 9.85. The summed E-state index contributed by atoms with van der Waals surface area (Å²) >= 11 is 0. The van der Waals surface area contributed by atoms with Crippen LogP contribution in [0.5, 0.6) is 0 Å². The van der Waals surface area contributed by atoms with Crippen molar-refractivity contribution in [3.63, 3.8) is 0 Å². The van der Waals surface area contributed by atoms with Crippen LogP contribution in [0, 0.1) is 28.8 Å². The molecule has 1 atom stereocenters. The summed E-state index contributed by atoms with van der Waals surface area (Å²) in [6.45, 7) is 5.44. The van der Waals surface area contributed by atoms with Crippen molar-refractivity contribution in [3.8, 4) is 0 Å². The van der Waals surface area contributed by atoms with Crippen LogP contribution in [0.25, 0.3) is 5.57 Å². The van der Waals surface area contributed by atoms with Crippen molar-refractivity contribution in [1.29, 1.82) is 0 Å². The minimum Gasteiger partial charge on any atom is -0.259 e. The normalized spacial score (nSPS) is 17.5. The highest BCUT2D eigenvalue weighted by molar-refractivity contribution is 7.89. The van der Waals surface area contributed by atoms with E-state index in [1.807, 2.05) is 26.8 Å². The van der Waals surface area contributed by atoms with Gasteiger partial charge in [-0.25, -0.2) is 12.8 Å². The third-order valence-corrected chi connectivity index (χ3v) is 7.14. The highest BCUT2D eigenvalue weighted by Crippen LogP contribution is 2.37. The maximum Gasteiger partial charge on any atom is 0.265 e. The van der Waals surface area contributed by atoms with E-state index in [4.69, 9.17) is 0 Å². The summed E-state index contributed by atoms with van der Waals surface area (Å²) in [5.74, 6) is -0.873. The minimum absolute atomic E-state index is 0.101. The van der Waals surface area contributed by atoms with Gasteiger partial charge in [0.05, 0.1) is 9.82 Å². The fourth-order valence-corrected chi connectivity index (χ4v) is 5.14. The maximum absolute atomic E-state index is 13.4. The summed E-state index contributed by atoms with van der Waals surface area (Å²) in [6, 6.07) is 12.0. The zero-order valence-electron chi connectivity index (χ0n) is 17.7. The minimum atomic E-state index is -3.92. The summed E-state index contributed by atoms with van der Waals surface area (Å²) < 4.78 is 41.1. The molecule has 0 saturated carbocycles. The second-order valence-electron chi connectivity index (χ2n) is 7.95. The maximum atomic E-state index is 13.4. The Morgan fingerprint density at radius 3 is 2.32 bits per heavy atom. The van der Waals surface area contributed by atoms with E-state index >= 15 is 0 Å². The van der Waals surface area contributed by atoms with E-state index in [2.05, 4.69) is 0 Å². The molecule has 0 amide bonds. The van der Waals surface area contributed by atoms with Gasteiger partial charge in [-0.1, -0.05) is 41.5 Å². The molecule has 1 heterocycles. The molecule has 0 spiro atoms. The Bertz CT molecular complexity index is 1130. The third-order valence-electron chi connectivity index (χ3n) is 5.31. The molecular formula is C23H25FN2O4S. The van der Waals surface area contributed by atoms with E-state index in [9.17, 15) is 22.9 Å². The Labute approximate surface area is 181 Å². The molecule has 6 nitrogen and oxygen atoms in total. The Hall–Kier alpha value is -2.84. The van der Waals surface area contributed by atoms with Crippen LogP contribution in [0.4, 0.5) is 4.39 Å². The van der Waals surface area contributed by atoms with Gasteiger partial charge in [-0.2, -0.15) is 4.31 Å². The average molecular weight is 445 g/mol. The van der Waals surface area contributed by atoms with Crippen molar-refractivity contribution < 1.29 is 17.7 Å². The molecule has 2 aromatic rings. The van der Waals surface area contributed by atoms with Crippen molar-refractivity contribution in [1.82, 2.24) is 4.31 Å². The van der Waals surface area contributed by atoms with Crippen LogP contribution < -0.4 is 0 Å². The molecule has 0 aliphatic carbocycles. The van der Waals surface area contributed by atoms with Gasteiger partial charge in [-0.3, -0.25) is 10.1 Å². The third kappa shape index (κ3) is 5.08. The van der Waals surface area contributed by atoms with E-state index in [0.29, 0.717) is 17.6 Å². The number of benzene rings is 2. The number of halogens is 1. The zero-order valence-corrected chi connectivity index (χ0v) is 18.5. The summed E-state index contributed by atoms with van der Waals surface area (Å²) in [5.41, 5.74) is 2.76. The van der Waals surface area contributed by atoms with Crippen LogP contribution >= 0.6 is 0 Å². The smallest absolute Gasteiger partial charge is 0.259 e. The monoisotopic (exact) mass is 444 g/mol. The van der Waals surface area contributed by atoms with Gasteiger partial charge in [0.1, 0.15) is 12.4 Å². The molecule has 2 aromatic carbocycles. The first kappa shape index (κ1) is 22.8. The molecule has 8 heteroatoms. The molecule has 0 fully saturated rings. The molecule has 1 aliphatic heterocycles. The second-order valence-corrected chi connectivity index (χ2v) is 9.89. The average Bonchev–Trinajstić information content (AvgIpc) is 2.72. The van der Waals surface area contributed by atoms with Gasteiger partial charge in [-0.15, -0.1) is 0 Å². The number of hydrogen-bond donors (Lipinski definition) is 0. The molecule has 3 rings (SSSR count). The van der Waals surface area contributed by atoms with Gasteiger partial charge in [0.15, 0.2) is 0 Å². The lowest BCUT2D eigenvalue weighted by Gasteiger charge is -2.32.